The van der Waals surface area contributed by atoms with Crippen molar-refractivity contribution in [1.29, 1.82) is 0 Å². The maximum Gasteiger partial charge on any atom is 0.259 e. The number of nitrogens with two attached hydrogens (primary N) is 1. The van der Waals surface area contributed by atoms with E-state index in [0.717, 1.165) is 16.1 Å². The second kappa shape index (κ2) is 8.50. The van der Waals surface area contributed by atoms with Crippen LogP contribution in [0.3, 0.4) is 0 Å². The summed E-state index contributed by atoms with van der Waals surface area (Å²) in [5.41, 5.74) is 5.90. The van der Waals surface area contributed by atoms with E-state index in [2.05, 4.69) is 39.8 Å². The van der Waals surface area contributed by atoms with Gasteiger partial charge in [-0.3, -0.25) is 9.69 Å². The van der Waals surface area contributed by atoms with E-state index in [1.807, 2.05) is 48.2 Å². The van der Waals surface area contributed by atoms with Crippen molar-refractivity contribution in [3.8, 4) is 0 Å². The van der Waals surface area contributed by atoms with Crippen molar-refractivity contribution >= 4 is 35.3 Å². The standard InChI is InChI=1S/C21H22N6OS/c1-3-27(20(28)16-9-10-18-17(13-16)25-26-29-18)19-11-12-22-21(24-19)23-14(2)15-7-5-4-6-8-15/h4-14,25-26H,3H2,1-2H3,(H,22,23,24)/p+1/t14-/m0/s1. The average Bonchev–Trinajstić information content (AvgIpc) is 3.23. The summed E-state index contributed by atoms with van der Waals surface area (Å²) in [4.78, 5) is 26.7. The number of amides is 1. The molecule has 1 aromatic heterocycles. The van der Waals surface area contributed by atoms with Crippen molar-refractivity contribution in [2.24, 2.45) is 0 Å². The molecular formula is C21H23N6OS+. The molecule has 1 aliphatic heterocycles. The van der Waals surface area contributed by atoms with Crippen LogP contribution in [0.2, 0.25) is 0 Å². The van der Waals surface area contributed by atoms with Crippen molar-refractivity contribution < 1.29 is 9.63 Å². The highest BCUT2D eigenvalue weighted by atomic mass is 32.2. The molecule has 1 atom stereocenters. The fourth-order valence-corrected chi connectivity index (χ4v) is 3.89. The molecule has 29 heavy (non-hydrogen) atoms. The molecular weight excluding hydrogens is 384 g/mol. The lowest BCUT2D eigenvalue weighted by atomic mass is 10.1. The number of quaternary nitrogens is 1. The maximum atomic E-state index is 13.1. The Kier molecular flexibility index (Phi) is 5.64. The molecule has 0 aliphatic carbocycles. The first-order chi connectivity index (χ1) is 14.2. The van der Waals surface area contributed by atoms with E-state index in [0.29, 0.717) is 23.9 Å². The van der Waals surface area contributed by atoms with Crippen molar-refractivity contribution in [1.82, 2.24) is 9.97 Å². The van der Waals surface area contributed by atoms with Crippen LogP contribution >= 0.6 is 11.9 Å². The average molecular weight is 408 g/mol. The zero-order chi connectivity index (χ0) is 20.2. The van der Waals surface area contributed by atoms with Crippen LogP contribution in [0.25, 0.3) is 0 Å². The predicted molar refractivity (Wildman–Crippen MR) is 116 cm³/mol. The monoisotopic (exact) mass is 407 g/mol. The molecule has 2 heterocycles. The SMILES string of the molecule is CCN(C(=O)c1ccc2c(c1)N[NH2+]S2)c1ccnc(N[C@@H](C)c2ccccc2)n1. The van der Waals surface area contributed by atoms with Crippen molar-refractivity contribution in [3.63, 3.8) is 0 Å². The molecule has 0 fully saturated rings. The van der Waals surface area contributed by atoms with E-state index in [-0.39, 0.29) is 11.9 Å². The number of carbonyl (C=O) groups is 1. The Bertz CT molecular complexity index is 1010. The molecule has 1 amide bonds. The number of hydrogen-bond donors (Lipinski definition) is 3. The third kappa shape index (κ3) is 4.18. The van der Waals surface area contributed by atoms with E-state index in [9.17, 15) is 4.79 Å². The Labute approximate surface area is 174 Å². The van der Waals surface area contributed by atoms with Gasteiger partial charge in [-0.25, -0.2) is 10.4 Å². The minimum Gasteiger partial charge on any atom is -0.348 e. The number of rotatable bonds is 6. The molecule has 2 aromatic carbocycles. The van der Waals surface area contributed by atoms with Gasteiger partial charge in [-0.1, -0.05) is 30.3 Å². The topological polar surface area (TPSA) is 86.8 Å². The van der Waals surface area contributed by atoms with Crippen molar-refractivity contribution in [3.05, 3.63) is 71.9 Å². The lowest BCUT2D eigenvalue weighted by Gasteiger charge is -2.21. The van der Waals surface area contributed by atoms with Crippen molar-refractivity contribution in [2.75, 3.05) is 22.2 Å². The first kappa shape index (κ1) is 19.2. The number of hydrogen-bond acceptors (Lipinski definition) is 6. The number of nitrogens with zero attached hydrogens (tertiary/aromatic N) is 3. The quantitative estimate of drug-likeness (QED) is 0.430. The zero-order valence-corrected chi connectivity index (χ0v) is 17.1. The van der Waals surface area contributed by atoms with Crippen LogP contribution in [0.15, 0.2) is 65.7 Å². The van der Waals surface area contributed by atoms with Crippen LogP contribution in [0, 0.1) is 0 Å². The molecule has 8 heteroatoms. The Hall–Kier alpha value is -3.10. The molecule has 0 saturated carbocycles. The first-order valence-electron chi connectivity index (χ1n) is 9.51. The molecule has 1 aliphatic rings. The normalized spacial score (nSPS) is 13.3. The number of aromatic nitrogens is 2. The lowest BCUT2D eigenvalue weighted by Crippen LogP contribution is -2.77. The number of carbonyl (C=O) groups excluding carboxylic acids is 1. The van der Waals surface area contributed by atoms with E-state index >= 15 is 0 Å². The molecule has 0 radical (unpaired) electrons. The summed E-state index contributed by atoms with van der Waals surface area (Å²) in [5, 5.41) is 3.31. The lowest BCUT2D eigenvalue weighted by molar-refractivity contribution is -0.438. The first-order valence-corrected chi connectivity index (χ1v) is 10.4. The highest BCUT2D eigenvalue weighted by Crippen LogP contribution is 2.28. The van der Waals surface area contributed by atoms with Crippen LogP contribution in [0.5, 0.6) is 0 Å². The summed E-state index contributed by atoms with van der Waals surface area (Å²) in [6, 6.07) is 17.6. The zero-order valence-electron chi connectivity index (χ0n) is 16.3. The minimum atomic E-state index is -0.0882. The van der Waals surface area contributed by atoms with E-state index in [4.69, 9.17) is 0 Å². The smallest absolute Gasteiger partial charge is 0.259 e. The molecule has 4 N–H and O–H groups in total. The van der Waals surface area contributed by atoms with Crippen LogP contribution in [-0.4, -0.2) is 22.4 Å². The molecule has 148 valence electrons. The molecule has 4 rings (SSSR count). The number of anilines is 3. The number of benzene rings is 2. The Morgan fingerprint density at radius 2 is 2.07 bits per heavy atom. The number of nitrogen functional groups attached to an aromatic ring is 1. The third-order valence-corrected chi connectivity index (χ3v) is 5.60. The number of fused-ring (bicyclic) bond motifs is 1. The molecule has 0 unspecified atom stereocenters. The Morgan fingerprint density at radius 3 is 2.86 bits per heavy atom. The van der Waals surface area contributed by atoms with Gasteiger partial charge in [-0.2, -0.15) is 9.82 Å². The summed E-state index contributed by atoms with van der Waals surface area (Å²) < 4.78 is 0. The Morgan fingerprint density at radius 1 is 1.24 bits per heavy atom. The van der Waals surface area contributed by atoms with Crippen LogP contribution in [0.4, 0.5) is 17.5 Å². The van der Waals surface area contributed by atoms with Crippen LogP contribution in [0.1, 0.15) is 35.8 Å². The van der Waals surface area contributed by atoms with Gasteiger partial charge in [0.05, 0.1) is 10.9 Å². The molecule has 0 saturated heterocycles. The summed E-state index contributed by atoms with van der Waals surface area (Å²) in [6.07, 6.45) is 1.67. The third-order valence-electron chi connectivity index (χ3n) is 4.75. The minimum absolute atomic E-state index is 0.0498. The summed E-state index contributed by atoms with van der Waals surface area (Å²) in [5.74, 6) is 0.978. The van der Waals surface area contributed by atoms with Gasteiger partial charge in [-0.05, 0) is 43.7 Å². The van der Waals surface area contributed by atoms with Gasteiger partial charge in [0.1, 0.15) is 23.5 Å². The fourth-order valence-electron chi connectivity index (χ4n) is 3.19. The molecule has 0 bridgehead atoms. The largest absolute Gasteiger partial charge is 0.348 e. The van der Waals surface area contributed by atoms with Crippen LogP contribution in [-0.2, 0) is 0 Å². The Balaban J connectivity index is 1.54. The predicted octanol–water partition coefficient (Wildman–Crippen LogP) is 3.23. The molecule has 7 nitrogen and oxygen atoms in total. The van der Waals surface area contributed by atoms with Crippen LogP contribution < -0.4 is 20.5 Å². The second-order valence-electron chi connectivity index (χ2n) is 6.66. The highest BCUT2D eigenvalue weighted by Gasteiger charge is 2.22. The van der Waals surface area contributed by atoms with Crippen molar-refractivity contribution in [2.45, 2.75) is 24.8 Å². The van der Waals surface area contributed by atoms with E-state index in [1.54, 1.807) is 29.1 Å². The van der Waals surface area contributed by atoms with E-state index in [1.165, 1.54) is 0 Å². The van der Waals surface area contributed by atoms with Gasteiger partial charge < -0.3 is 5.32 Å². The van der Waals surface area contributed by atoms with Gasteiger partial charge in [-0.15, -0.1) is 0 Å². The maximum absolute atomic E-state index is 13.1. The summed E-state index contributed by atoms with van der Waals surface area (Å²) in [6.45, 7) is 4.50. The highest BCUT2D eigenvalue weighted by molar-refractivity contribution is 7.93. The summed E-state index contributed by atoms with van der Waals surface area (Å²) in [7, 11) is 0. The van der Waals surface area contributed by atoms with E-state index < -0.39 is 0 Å². The molecule has 0 spiro atoms. The van der Waals surface area contributed by atoms with Gasteiger partial charge in [0.2, 0.25) is 5.95 Å². The summed E-state index contributed by atoms with van der Waals surface area (Å²) >= 11 is 1.61. The van der Waals surface area contributed by atoms with Gasteiger partial charge in [0, 0.05) is 18.3 Å². The molecule has 3 aromatic rings. The second-order valence-corrected chi connectivity index (χ2v) is 7.57. The number of nitrogens with one attached hydrogen (secondary N) is 2. The van der Waals surface area contributed by atoms with Gasteiger partial charge in [0.25, 0.3) is 5.91 Å². The van der Waals surface area contributed by atoms with Gasteiger partial charge in [0.15, 0.2) is 0 Å². The van der Waals surface area contributed by atoms with Gasteiger partial charge >= 0.3 is 0 Å². The fraction of sp³-hybridized carbons (Fsp3) is 0.190.